The van der Waals surface area contributed by atoms with Gasteiger partial charge < -0.3 is 24.8 Å². The molecule has 1 aliphatic heterocycles. The van der Waals surface area contributed by atoms with E-state index in [0.29, 0.717) is 12.1 Å². The van der Waals surface area contributed by atoms with Crippen molar-refractivity contribution in [3.63, 3.8) is 0 Å². The van der Waals surface area contributed by atoms with Crippen molar-refractivity contribution in [1.82, 2.24) is 25.3 Å². The normalized spacial score (nSPS) is 21.3. The second kappa shape index (κ2) is 9.25. The van der Waals surface area contributed by atoms with Crippen LogP contribution in [0.25, 0.3) is 0 Å². The van der Waals surface area contributed by atoms with E-state index in [1.807, 2.05) is 6.92 Å². The summed E-state index contributed by atoms with van der Waals surface area (Å²) in [5.41, 5.74) is 0.736. The number of nitrogens with zero attached hydrogens (tertiary/aromatic N) is 3. The highest BCUT2D eigenvalue weighted by molar-refractivity contribution is 6.02. The average molecular weight is 486 g/mol. The van der Waals surface area contributed by atoms with Crippen molar-refractivity contribution in [3.8, 4) is 0 Å². The van der Waals surface area contributed by atoms with Crippen LogP contribution < -0.4 is 10.6 Å². The first kappa shape index (κ1) is 24.0. The maximum Gasteiger partial charge on any atom is 0.411 e. The number of rotatable bonds is 8. The number of anilines is 1. The summed E-state index contributed by atoms with van der Waals surface area (Å²) in [6.07, 6.45) is -3.40. The molecular weight excluding hydrogens is 461 g/mol. The van der Waals surface area contributed by atoms with E-state index in [9.17, 15) is 22.8 Å². The molecule has 11 nitrogen and oxygen atoms in total. The van der Waals surface area contributed by atoms with Crippen molar-refractivity contribution in [3.05, 3.63) is 29.2 Å². The summed E-state index contributed by atoms with van der Waals surface area (Å²) in [6, 6.07) is 2.94. The van der Waals surface area contributed by atoms with E-state index in [0.717, 1.165) is 12.8 Å². The number of aromatic amines is 1. The minimum Gasteiger partial charge on any atom is -0.444 e. The van der Waals surface area contributed by atoms with Gasteiger partial charge in [-0.15, -0.1) is 0 Å². The predicted molar refractivity (Wildman–Crippen MR) is 110 cm³/mol. The average Bonchev–Trinajstić information content (AvgIpc) is 3.12. The highest BCUT2D eigenvalue weighted by Crippen LogP contribution is 2.35. The van der Waals surface area contributed by atoms with Crippen LogP contribution in [0.1, 0.15) is 54.2 Å². The fraction of sp³-hybridized carbons (Fsp3) is 0.600. The largest absolute Gasteiger partial charge is 0.444 e. The summed E-state index contributed by atoms with van der Waals surface area (Å²) in [7, 11) is 1.49. The minimum absolute atomic E-state index is 0.121. The van der Waals surface area contributed by atoms with Crippen molar-refractivity contribution in [2.24, 2.45) is 7.05 Å². The lowest BCUT2D eigenvalue weighted by atomic mass is 10.1. The lowest BCUT2D eigenvalue weighted by molar-refractivity contribution is -0.176. The maximum absolute atomic E-state index is 12.6. The lowest BCUT2D eigenvalue weighted by Gasteiger charge is -2.15. The van der Waals surface area contributed by atoms with E-state index in [1.165, 1.54) is 17.8 Å². The Labute approximate surface area is 192 Å². The Morgan fingerprint density at radius 2 is 2.12 bits per heavy atom. The Morgan fingerprint density at radius 1 is 1.35 bits per heavy atom. The first-order valence-corrected chi connectivity index (χ1v) is 10.6. The zero-order chi connectivity index (χ0) is 24.5. The minimum atomic E-state index is -4.44. The first-order chi connectivity index (χ1) is 16.0. The number of aromatic nitrogens is 4. The molecule has 2 aliphatic rings. The van der Waals surface area contributed by atoms with E-state index in [-0.39, 0.29) is 42.1 Å². The molecule has 34 heavy (non-hydrogen) atoms. The third-order valence-electron chi connectivity index (χ3n) is 5.50. The van der Waals surface area contributed by atoms with Gasteiger partial charge in [0.15, 0.2) is 5.82 Å². The Morgan fingerprint density at radius 3 is 2.82 bits per heavy atom. The molecule has 14 heteroatoms. The fourth-order valence-corrected chi connectivity index (χ4v) is 3.46. The summed E-state index contributed by atoms with van der Waals surface area (Å²) in [4.78, 5) is 24.5. The summed E-state index contributed by atoms with van der Waals surface area (Å²) in [5.74, 6) is -0.322. The zero-order valence-corrected chi connectivity index (χ0v) is 18.6. The molecule has 4 rings (SSSR count). The molecule has 0 aromatic carbocycles. The zero-order valence-electron chi connectivity index (χ0n) is 18.6. The van der Waals surface area contributed by atoms with Crippen LogP contribution in [-0.4, -0.2) is 63.0 Å². The Bertz CT molecular complexity index is 1050. The van der Waals surface area contributed by atoms with Crippen LogP contribution in [0.15, 0.2) is 12.1 Å². The smallest absolute Gasteiger partial charge is 0.411 e. The number of alkyl carbamates (subject to hydrolysis) is 1. The third-order valence-corrected chi connectivity index (χ3v) is 5.50. The van der Waals surface area contributed by atoms with E-state index < -0.39 is 30.9 Å². The van der Waals surface area contributed by atoms with Gasteiger partial charge in [-0.1, -0.05) is 0 Å². The molecular formula is C20H25F3N6O5. The van der Waals surface area contributed by atoms with Gasteiger partial charge in [0.2, 0.25) is 0 Å². The summed E-state index contributed by atoms with van der Waals surface area (Å²) in [5, 5.41) is 16.3. The highest BCUT2D eigenvalue weighted by Gasteiger charge is 2.40. The van der Waals surface area contributed by atoms with Crippen LogP contribution >= 0.6 is 0 Å². The number of H-pyrrole nitrogens is 1. The number of nitrogens with one attached hydrogen (secondary N) is 3. The van der Waals surface area contributed by atoms with Crippen molar-refractivity contribution >= 4 is 17.8 Å². The lowest BCUT2D eigenvalue weighted by Crippen LogP contribution is -2.37. The van der Waals surface area contributed by atoms with Crippen LogP contribution in [0.4, 0.5) is 23.8 Å². The van der Waals surface area contributed by atoms with Crippen LogP contribution in [0.3, 0.4) is 0 Å². The molecule has 0 spiro atoms. The number of carbonyl (C=O) groups is 2. The number of alkyl halides is 3. The molecule has 0 bridgehead atoms. The van der Waals surface area contributed by atoms with Crippen LogP contribution in [0, 0.1) is 0 Å². The molecule has 2 aromatic heterocycles. The number of ether oxygens (including phenoxy) is 3. The Kier molecular flexibility index (Phi) is 6.53. The van der Waals surface area contributed by atoms with Crippen LogP contribution in [0.5, 0.6) is 0 Å². The molecule has 1 saturated carbocycles. The van der Waals surface area contributed by atoms with E-state index >= 15 is 0 Å². The maximum atomic E-state index is 12.6. The first-order valence-electron chi connectivity index (χ1n) is 10.6. The molecule has 2 amide bonds. The van der Waals surface area contributed by atoms with Gasteiger partial charge in [-0.25, -0.2) is 4.79 Å². The van der Waals surface area contributed by atoms with Gasteiger partial charge in [0.05, 0.1) is 24.6 Å². The van der Waals surface area contributed by atoms with Gasteiger partial charge in [-0.2, -0.15) is 23.4 Å². The second-order valence-corrected chi connectivity index (χ2v) is 8.69. The highest BCUT2D eigenvalue weighted by atomic mass is 19.4. The molecule has 2 aromatic rings. The molecule has 0 radical (unpaired) electrons. The molecule has 3 N–H and O–H groups in total. The topological polar surface area (TPSA) is 132 Å². The summed E-state index contributed by atoms with van der Waals surface area (Å²) < 4.78 is 53.5. The Hall–Kier alpha value is -3.13. The molecule has 2 fully saturated rings. The van der Waals surface area contributed by atoms with Gasteiger partial charge in [0.1, 0.15) is 24.5 Å². The summed E-state index contributed by atoms with van der Waals surface area (Å²) >= 11 is 0. The predicted octanol–water partition coefficient (Wildman–Crippen LogP) is 2.58. The van der Waals surface area contributed by atoms with Crippen molar-refractivity contribution in [2.75, 3.05) is 18.5 Å². The van der Waals surface area contributed by atoms with Gasteiger partial charge in [0, 0.05) is 25.1 Å². The molecule has 186 valence electrons. The summed E-state index contributed by atoms with van der Waals surface area (Å²) in [6.45, 7) is 0.410. The molecule has 2 atom stereocenters. The number of hydrogen-bond acceptors (Lipinski definition) is 7. The number of aryl methyl sites for hydroxylation is 1. The number of halogens is 3. The number of amides is 2. The molecule has 0 unspecified atom stereocenters. The number of hydrogen-bond donors (Lipinski definition) is 3. The Balaban J connectivity index is 1.27. The van der Waals surface area contributed by atoms with E-state index in [2.05, 4.69) is 30.7 Å². The van der Waals surface area contributed by atoms with Gasteiger partial charge in [-0.05, 0) is 25.8 Å². The molecule has 1 aliphatic carbocycles. The van der Waals surface area contributed by atoms with Gasteiger partial charge in [0.25, 0.3) is 5.91 Å². The monoisotopic (exact) mass is 486 g/mol. The standard InChI is InChI=1S/C20H25F3N6O5/c1-19(3-4-19)25-18(31)34-12-6-15(33-9-12)13-7-16(27-26-13)24-17(30)14-5-11(28-29(14)2)8-32-10-20(21,22)23/h5,7,12,15H,3-4,6,8-10H2,1-2H3,(H,25,31)(H2,24,26,27,30)/t12-,15-/m1/s1. The van der Waals surface area contributed by atoms with Crippen molar-refractivity contribution < 1.29 is 37.0 Å². The van der Waals surface area contributed by atoms with E-state index in [1.54, 1.807) is 6.07 Å². The van der Waals surface area contributed by atoms with Crippen molar-refractivity contribution in [1.29, 1.82) is 0 Å². The fourth-order valence-electron chi connectivity index (χ4n) is 3.46. The van der Waals surface area contributed by atoms with Crippen molar-refractivity contribution in [2.45, 2.75) is 56.7 Å². The second-order valence-electron chi connectivity index (χ2n) is 8.69. The molecule has 3 heterocycles. The molecule has 1 saturated heterocycles. The van der Waals surface area contributed by atoms with Crippen LogP contribution in [0.2, 0.25) is 0 Å². The SMILES string of the molecule is Cn1nc(COCC(F)(F)F)cc1C(=O)Nc1cc([C@H]2C[C@@H](OC(=O)NC3(C)CC3)CO2)[nH]n1. The third kappa shape index (κ3) is 6.26. The van der Waals surface area contributed by atoms with Crippen LogP contribution in [-0.2, 0) is 27.9 Å². The van der Waals surface area contributed by atoms with Gasteiger partial charge in [-0.3, -0.25) is 14.6 Å². The van der Waals surface area contributed by atoms with Gasteiger partial charge >= 0.3 is 12.3 Å². The number of carbonyl (C=O) groups excluding carboxylic acids is 2. The quantitative estimate of drug-likeness (QED) is 0.522. The van der Waals surface area contributed by atoms with E-state index in [4.69, 9.17) is 9.47 Å².